The summed E-state index contributed by atoms with van der Waals surface area (Å²) in [5.74, 6) is 0. The van der Waals surface area contributed by atoms with E-state index in [1.807, 2.05) is 24.3 Å². The molecule has 2 aromatic heterocycles. The number of nitrogens with zero attached hydrogens (tertiary/aromatic N) is 3. The molecule has 0 saturated carbocycles. The lowest BCUT2D eigenvalue weighted by Gasteiger charge is -2.23. The van der Waals surface area contributed by atoms with Gasteiger partial charge in [-0.15, -0.1) is 0 Å². The van der Waals surface area contributed by atoms with Gasteiger partial charge in [0.15, 0.2) is 0 Å². The van der Waals surface area contributed by atoms with E-state index in [4.69, 9.17) is 0 Å². The topological polar surface area (TPSA) is 33.6 Å². The molecule has 8 aromatic rings. The molecule has 50 heavy (non-hydrogen) atoms. The highest BCUT2D eigenvalue weighted by Gasteiger charge is 2.38. The molecule has 3 heteroatoms. The lowest BCUT2D eigenvalue weighted by atomic mass is 9.81. The van der Waals surface area contributed by atoms with Crippen LogP contribution in [0.4, 0.5) is 0 Å². The van der Waals surface area contributed by atoms with Crippen molar-refractivity contribution in [3.8, 4) is 39.7 Å². The zero-order valence-electron chi connectivity index (χ0n) is 28.4. The Bertz CT molecular complexity index is 2770. The van der Waals surface area contributed by atoms with Crippen LogP contribution in [0.5, 0.6) is 0 Å². The predicted molar refractivity (Wildman–Crippen MR) is 209 cm³/mol. The van der Waals surface area contributed by atoms with Crippen molar-refractivity contribution in [2.24, 2.45) is 0 Å². The lowest BCUT2D eigenvalue weighted by molar-refractivity contribution is 0.664. The molecule has 6 aromatic carbocycles. The molecule has 0 spiro atoms. The molecule has 9 rings (SSSR count). The van der Waals surface area contributed by atoms with Gasteiger partial charge in [0.25, 0.3) is 0 Å². The number of rotatable bonds is 5. The van der Waals surface area contributed by atoms with Crippen LogP contribution in [0.15, 0.2) is 146 Å². The highest BCUT2D eigenvalue weighted by molar-refractivity contribution is 6.13. The molecule has 0 amide bonds. The van der Waals surface area contributed by atoms with Crippen LogP contribution in [0.3, 0.4) is 0 Å². The minimum Gasteiger partial charge on any atom is -0.310 e. The Morgan fingerprint density at radius 1 is 0.660 bits per heavy atom. The maximum Gasteiger partial charge on any atom is 0.0991 e. The van der Waals surface area contributed by atoms with Gasteiger partial charge in [-0.05, 0) is 100 Å². The van der Waals surface area contributed by atoms with Crippen molar-refractivity contribution in [1.82, 2.24) is 9.13 Å². The summed E-state index contributed by atoms with van der Waals surface area (Å²) in [6.45, 7) is 10.8. The second-order valence-corrected chi connectivity index (χ2v) is 13.8. The van der Waals surface area contributed by atoms with Crippen LogP contribution >= 0.6 is 0 Å². The number of aryl methyl sites for hydroxylation is 1. The maximum atomic E-state index is 9.87. The highest BCUT2D eigenvalue weighted by atomic mass is 15.0. The van der Waals surface area contributed by atoms with Crippen LogP contribution in [-0.2, 0) is 5.41 Å². The standard InChI is InChI=1S/C47H35N3/c1-5-6-20-42-30(2)36-17-8-10-21-43(36)49(42)34-15-11-13-32(27-34)33-14-12-16-35(28-33)50-44-25-22-31(29-48)26-40(44)39-24-23-38-37-18-7-9-19-41(37)47(3,4)45(38)46(39)50/h5-28H,1H2,2-4H3/b20-6-. The highest BCUT2D eigenvalue weighted by Crippen LogP contribution is 2.53. The average Bonchev–Trinajstić information content (AvgIpc) is 3.72. The fraction of sp³-hybridized carbons (Fsp3) is 0.0851. The molecule has 238 valence electrons. The summed E-state index contributed by atoms with van der Waals surface area (Å²) in [7, 11) is 0. The number of aromatic nitrogens is 2. The van der Waals surface area contributed by atoms with E-state index in [9.17, 15) is 5.26 Å². The molecule has 0 atom stereocenters. The van der Waals surface area contributed by atoms with Crippen LogP contribution in [0.1, 0.15) is 41.8 Å². The van der Waals surface area contributed by atoms with Gasteiger partial charge >= 0.3 is 0 Å². The Kier molecular flexibility index (Phi) is 6.60. The second kappa shape index (κ2) is 11.1. The lowest BCUT2D eigenvalue weighted by Crippen LogP contribution is -2.16. The summed E-state index contributed by atoms with van der Waals surface area (Å²) in [6.07, 6.45) is 5.98. The average molecular weight is 642 g/mol. The molecular formula is C47H35N3. The SMILES string of the molecule is C=C/C=C\c1c(C)c2ccccc2n1-c1cccc(-c2cccc(-n3c4ccc(C#N)cc4c4ccc5c(c43)C(C)(C)c3ccccc3-5)c2)c1. The summed E-state index contributed by atoms with van der Waals surface area (Å²) >= 11 is 0. The van der Waals surface area contributed by atoms with Gasteiger partial charge in [-0.1, -0.05) is 111 Å². The van der Waals surface area contributed by atoms with E-state index in [1.54, 1.807) is 0 Å². The minimum absolute atomic E-state index is 0.197. The van der Waals surface area contributed by atoms with E-state index in [0.717, 1.165) is 39.1 Å². The first-order valence-corrected chi connectivity index (χ1v) is 17.1. The second-order valence-electron chi connectivity index (χ2n) is 13.8. The first-order chi connectivity index (χ1) is 24.4. The Balaban J connectivity index is 1.27. The fourth-order valence-electron chi connectivity index (χ4n) is 8.41. The van der Waals surface area contributed by atoms with Gasteiger partial charge in [-0.25, -0.2) is 0 Å². The molecule has 0 N–H and O–H groups in total. The number of hydrogen-bond donors (Lipinski definition) is 0. The Morgan fingerprint density at radius 2 is 1.36 bits per heavy atom. The van der Waals surface area contributed by atoms with Crippen LogP contribution in [-0.4, -0.2) is 9.13 Å². The number of para-hydroxylation sites is 1. The molecule has 3 nitrogen and oxygen atoms in total. The van der Waals surface area contributed by atoms with Gasteiger partial charge in [0, 0.05) is 38.6 Å². The molecule has 0 aliphatic heterocycles. The normalized spacial score (nSPS) is 13.2. The van der Waals surface area contributed by atoms with Crippen molar-refractivity contribution < 1.29 is 0 Å². The third kappa shape index (κ3) is 4.22. The van der Waals surface area contributed by atoms with Gasteiger partial charge < -0.3 is 9.13 Å². The van der Waals surface area contributed by atoms with Crippen molar-refractivity contribution in [3.05, 3.63) is 174 Å². The van der Waals surface area contributed by atoms with Crippen LogP contribution in [0.25, 0.3) is 72.4 Å². The third-order valence-electron chi connectivity index (χ3n) is 10.7. The van der Waals surface area contributed by atoms with Gasteiger partial charge in [-0.3, -0.25) is 0 Å². The summed E-state index contributed by atoms with van der Waals surface area (Å²) in [6, 6.07) is 48.1. The zero-order chi connectivity index (χ0) is 34.1. The molecule has 0 unspecified atom stereocenters. The molecule has 0 bridgehead atoms. The third-order valence-corrected chi connectivity index (χ3v) is 10.7. The molecule has 0 saturated heterocycles. The first-order valence-electron chi connectivity index (χ1n) is 17.1. The van der Waals surface area contributed by atoms with E-state index in [-0.39, 0.29) is 5.41 Å². The van der Waals surface area contributed by atoms with E-state index in [2.05, 4.69) is 164 Å². The van der Waals surface area contributed by atoms with Crippen molar-refractivity contribution >= 4 is 38.8 Å². The van der Waals surface area contributed by atoms with E-state index >= 15 is 0 Å². The van der Waals surface area contributed by atoms with Gasteiger partial charge in [0.05, 0.1) is 28.2 Å². The minimum atomic E-state index is -0.197. The molecule has 1 aliphatic carbocycles. The number of hydrogen-bond acceptors (Lipinski definition) is 1. The quantitative estimate of drug-likeness (QED) is 0.172. The number of nitriles is 1. The predicted octanol–water partition coefficient (Wildman–Crippen LogP) is 12.1. The largest absolute Gasteiger partial charge is 0.310 e. The van der Waals surface area contributed by atoms with E-state index in [1.165, 1.54) is 49.6 Å². The Hall–Kier alpha value is -6.37. The molecule has 2 heterocycles. The van der Waals surface area contributed by atoms with Gasteiger partial charge in [0.1, 0.15) is 0 Å². The van der Waals surface area contributed by atoms with Crippen LogP contribution < -0.4 is 0 Å². The zero-order valence-corrected chi connectivity index (χ0v) is 28.4. The first kappa shape index (κ1) is 29.7. The Morgan fingerprint density at radius 3 is 2.12 bits per heavy atom. The van der Waals surface area contributed by atoms with E-state index in [0.29, 0.717) is 5.56 Å². The summed E-state index contributed by atoms with van der Waals surface area (Å²) in [5.41, 5.74) is 16.1. The van der Waals surface area contributed by atoms with Gasteiger partial charge in [-0.2, -0.15) is 5.26 Å². The van der Waals surface area contributed by atoms with Crippen molar-refractivity contribution in [2.75, 3.05) is 0 Å². The number of benzene rings is 6. The summed E-state index contributed by atoms with van der Waals surface area (Å²) in [5, 5.41) is 13.4. The Labute approximate surface area is 292 Å². The maximum absolute atomic E-state index is 9.87. The molecule has 1 aliphatic rings. The number of allylic oxidation sites excluding steroid dienone is 2. The van der Waals surface area contributed by atoms with Gasteiger partial charge in [0.2, 0.25) is 0 Å². The van der Waals surface area contributed by atoms with Crippen molar-refractivity contribution in [1.29, 1.82) is 5.26 Å². The smallest absolute Gasteiger partial charge is 0.0991 e. The summed E-state index contributed by atoms with van der Waals surface area (Å²) in [4.78, 5) is 0. The fourth-order valence-corrected chi connectivity index (χ4v) is 8.41. The van der Waals surface area contributed by atoms with Crippen LogP contribution in [0, 0.1) is 18.3 Å². The number of fused-ring (bicyclic) bond motifs is 8. The monoisotopic (exact) mass is 641 g/mol. The van der Waals surface area contributed by atoms with E-state index < -0.39 is 0 Å². The van der Waals surface area contributed by atoms with Crippen molar-refractivity contribution in [3.63, 3.8) is 0 Å². The van der Waals surface area contributed by atoms with Crippen molar-refractivity contribution in [2.45, 2.75) is 26.2 Å². The summed E-state index contributed by atoms with van der Waals surface area (Å²) < 4.78 is 4.77. The van der Waals surface area contributed by atoms with Crippen LogP contribution in [0.2, 0.25) is 0 Å². The molecular weight excluding hydrogens is 607 g/mol. The molecule has 0 fully saturated rings. The molecule has 0 radical (unpaired) electrons.